The second-order valence-corrected chi connectivity index (χ2v) is 6.19. The maximum Gasteiger partial charge on any atom is 0.324 e. The molecule has 0 spiro atoms. The summed E-state index contributed by atoms with van der Waals surface area (Å²) in [7, 11) is -4.13. The Bertz CT molecular complexity index is 620. The molecule has 1 saturated heterocycles. The van der Waals surface area contributed by atoms with Gasteiger partial charge >= 0.3 is 5.69 Å². The first kappa shape index (κ1) is 17.8. The van der Waals surface area contributed by atoms with Crippen LogP contribution < -0.4 is 10.0 Å². The number of hydrogen-bond acceptors (Lipinski definition) is 5. The van der Waals surface area contributed by atoms with Gasteiger partial charge in [0.1, 0.15) is 0 Å². The third-order valence-corrected chi connectivity index (χ3v) is 4.59. The van der Waals surface area contributed by atoms with Gasteiger partial charge < -0.3 is 5.32 Å². The second-order valence-electron chi connectivity index (χ2n) is 4.51. The number of para-hydroxylation sites is 1. The minimum Gasteiger partial charge on any atom is -0.315 e. The smallest absolute Gasteiger partial charge is 0.315 e. The van der Waals surface area contributed by atoms with E-state index in [9.17, 15) is 22.9 Å². The molecular formula is C11H15ClFN3O4S. The van der Waals surface area contributed by atoms with Crippen LogP contribution >= 0.6 is 12.4 Å². The highest BCUT2D eigenvalue weighted by molar-refractivity contribution is 7.89. The van der Waals surface area contributed by atoms with Crippen molar-refractivity contribution in [1.29, 1.82) is 0 Å². The van der Waals surface area contributed by atoms with Gasteiger partial charge in [-0.3, -0.25) is 10.1 Å². The average Bonchev–Trinajstić information content (AvgIpc) is 2.38. The SMILES string of the molecule is Cl.O=[N+]([O-])c1c(F)cccc1S(=O)(=O)NC1CCCNC1. The molecule has 0 radical (unpaired) electrons. The van der Waals surface area contributed by atoms with Crippen LogP contribution in [0.1, 0.15) is 12.8 Å². The zero-order chi connectivity index (χ0) is 14.8. The van der Waals surface area contributed by atoms with Gasteiger partial charge in [0.25, 0.3) is 0 Å². The van der Waals surface area contributed by atoms with Gasteiger partial charge in [-0.25, -0.2) is 13.1 Å². The Morgan fingerprint density at radius 2 is 2.14 bits per heavy atom. The van der Waals surface area contributed by atoms with Gasteiger partial charge in [-0.05, 0) is 31.5 Å². The number of benzene rings is 1. The maximum atomic E-state index is 13.5. The summed E-state index contributed by atoms with van der Waals surface area (Å²) >= 11 is 0. The Kier molecular flexibility index (Phi) is 6.02. The summed E-state index contributed by atoms with van der Waals surface area (Å²) in [4.78, 5) is 9.17. The molecule has 0 aromatic heterocycles. The van der Waals surface area contributed by atoms with E-state index in [2.05, 4.69) is 10.0 Å². The van der Waals surface area contributed by atoms with Crippen molar-refractivity contribution in [3.8, 4) is 0 Å². The fourth-order valence-electron chi connectivity index (χ4n) is 2.12. The van der Waals surface area contributed by atoms with E-state index in [0.717, 1.165) is 31.2 Å². The number of nitro benzene ring substituents is 1. The van der Waals surface area contributed by atoms with Gasteiger partial charge in [0.15, 0.2) is 4.90 Å². The quantitative estimate of drug-likeness (QED) is 0.633. The number of nitrogens with zero attached hydrogens (tertiary/aromatic N) is 1. The normalized spacial score (nSPS) is 18.8. The molecule has 0 saturated carbocycles. The summed E-state index contributed by atoms with van der Waals surface area (Å²) in [5.41, 5.74) is -1.02. The van der Waals surface area contributed by atoms with Crippen molar-refractivity contribution >= 4 is 28.1 Å². The summed E-state index contributed by atoms with van der Waals surface area (Å²) in [6.45, 7) is 1.25. The molecule has 0 bridgehead atoms. The molecule has 1 aromatic carbocycles. The predicted molar refractivity (Wildman–Crippen MR) is 76.5 cm³/mol. The molecule has 1 atom stereocenters. The highest BCUT2D eigenvalue weighted by atomic mass is 35.5. The van der Waals surface area contributed by atoms with E-state index in [0.29, 0.717) is 13.0 Å². The molecule has 2 N–H and O–H groups in total. The first-order valence-corrected chi connectivity index (χ1v) is 7.56. The standard InChI is InChI=1S/C11H14FN3O4S.ClH/c12-9-4-1-5-10(11(9)15(16)17)20(18,19)14-8-3-2-6-13-7-8;/h1,4-5,8,13-14H,2-3,6-7H2;1H. The van der Waals surface area contributed by atoms with E-state index >= 15 is 0 Å². The van der Waals surface area contributed by atoms with Crippen LogP contribution in [0.25, 0.3) is 0 Å². The Morgan fingerprint density at radius 3 is 2.71 bits per heavy atom. The first-order valence-electron chi connectivity index (χ1n) is 6.08. The highest BCUT2D eigenvalue weighted by Crippen LogP contribution is 2.26. The molecule has 0 amide bonds. The van der Waals surface area contributed by atoms with Crippen molar-refractivity contribution in [3.05, 3.63) is 34.1 Å². The summed E-state index contributed by atoms with van der Waals surface area (Å²) in [5, 5.41) is 13.9. The molecule has 118 valence electrons. The number of hydrogen-bond donors (Lipinski definition) is 2. The molecule has 1 fully saturated rings. The third kappa shape index (κ3) is 4.10. The number of nitrogens with one attached hydrogen (secondary N) is 2. The lowest BCUT2D eigenvalue weighted by Gasteiger charge is -2.23. The molecule has 10 heteroatoms. The van der Waals surface area contributed by atoms with Crippen LogP contribution in [0.4, 0.5) is 10.1 Å². The zero-order valence-corrected chi connectivity index (χ0v) is 12.5. The van der Waals surface area contributed by atoms with E-state index in [1.807, 2.05) is 0 Å². The molecule has 2 rings (SSSR count). The minimum absolute atomic E-state index is 0. The van der Waals surface area contributed by atoms with Crippen LogP contribution in [-0.2, 0) is 10.0 Å². The van der Waals surface area contributed by atoms with Crippen LogP contribution in [-0.4, -0.2) is 32.5 Å². The van der Waals surface area contributed by atoms with E-state index in [1.54, 1.807) is 0 Å². The fraction of sp³-hybridized carbons (Fsp3) is 0.455. The van der Waals surface area contributed by atoms with E-state index in [-0.39, 0.29) is 18.4 Å². The van der Waals surface area contributed by atoms with Crippen molar-refractivity contribution < 1.29 is 17.7 Å². The Balaban J connectivity index is 0.00000220. The van der Waals surface area contributed by atoms with Crippen molar-refractivity contribution in [2.45, 2.75) is 23.8 Å². The second kappa shape index (κ2) is 7.12. The largest absolute Gasteiger partial charge is 0.324 e. The van der Waals surface area contributed by atoms with Crippen LogP contribution in [0.2, 0.25) is 0 Å². The molecule has 1 aliphatic heterocycles. The number of piperidine rings is 1. The van der Waals surface area contributed by atoms with Gasteiger partial charge in [-0.1, -0.05) is 6.07 Å². The van der Waals surface area contributed by atoms with Gasteiger partial charge in [0, 0.05) is 12.6 Å². The minimum atomic E-state index is -4.13. The molecule has 1 aromatic rings. The Labute approximate surface area is 127 Å². The number of rotatable bonds is 4. The number of sulfonamides is 1. The molecule has 1 aliphatic rings. The first-order chi connectivity index (χ1) is 9.42. The molecule has 7 nitrogen and oxygen atoms in total. The lowest BCUT2D eigenvalue weighted by Crippen LogP contribution is -2.45. The van der Waals surface area contributed by atoms with Gasteiger partial charge in [0.05, 0.1) is 4.92 Å². The maximum absolute atomic E-state index is 13.5. The van der Waals surface area contributed by atoms with Crippen molar-refractivity contribution in [2.24, 2.45) is 0 Å². The molecule has 21 heavy (non-hydrogen) atoms. The zero-order valence-electron chi connectivity index (χ0n) is 10.9. The monoisotopic (exact) mass is 339 g/mol. The lowest BCUT2D eigenvalue weighted by molar-refractivity contribution is -0.390. The third-order valence-electron chi connectivity index (χ3n) is 3.04. The fourth-order valence-corrected chi connectivity index (χ4v) is 3.58. The van der Waals surface area contributed by atoms with Crippen molar-refractivity contribution in [3.63, 3.8) is 0 Å². The van der Waals surface area contributed by atoms with Crippen molar-refractivity contribution in [2.75, 3.05) is 13.1 Å². The topological polar surface area (TPSA) is 101 Å². The highest BCUT2D eigenvalue weighted by Gasteiger charge is 2.31. The molecular weight excluding hydrogens is 325 g/mol. The average molecular weight is 340 g/mol. The van der Waals surface area contributed by atoms with Crippen LogP contribution in [0, 0.1) is 15.9 Å². The molecule has 1 heterocycles. The summed E-state index contributed by atoms with van der Waals surface area (Å²) in [6, 6.07) is 2.67. The number of nitro groups is 1. The lowest BCUT2D eigenvalue weighted by atomic mass is 10.1. The molecule has 1 unspecified atom stereocenters. The van der Waals surface area contributed by atoms with Gasteiger partial charge in [-0.2, -0.15) is 4.39 Å². The predicted octanol–water partition coefficient (Wildman–Crippen LogP) is 1.19. The van der Waals surface area contributed by atoms with E-state index < -0.39 is 31.3 Å². The van der Waals surface area contributed by atoms with E-state index in [1.165, 1.54) is 0 Å². The Morgan fingerprint density at radius 1 is 1.43 bits per heavy atom. The van der Waals surface area contributed by atoms with Crippen LogP contribution in [0.3, 0.4) is 0 Å². The number of halogens is 2. The van der Waals surface area contributed by atoms with Gasteiger partial charge in [-0.15, -0.1) is 12.4 Å². The van der Waals surface area contributed by atoms with E-state index in [4.69, 9.17) is 0 Å². The summed E-state index contributed by atoms with van der Waals surface area (Å²) in [5.74, 6) is -1.17. The van der Waals surface area contributed by atoms with Crippen LogP contribution in [0.15, 0.2) is 23.1 Å². The van der Waals surface area contributed by atoms with Gasteiger partial charge in [0.2, 0.25) is 15.8 Å². The Hall–Kier alpha value is -1.29. The van der Waals surface area contributed by atoms with Crippen LogP contribution in [0.5, 0.6) is 0 Å². The molecule has 0 aliphatic carbocycles. The summed E-state index contributed by atoms with van der Waals surface area (Å²) < 4.78 is 40.2. The van der Waals surface area contributed by atoms with Crippen molar-refractivity contribution in [1.82, 2.24) is 10.0 Å². The summed E-state index contributed by atoms with van der Waals surface area (Å²) in [6.07, 6.45) is 1.44.